The SMILES string of the molecule is C=C(C)C(=O)OCC.NC(=O)NC(=O)c1cccc(N)c1.O=S(=O)([O-])C=Cc1ccccc1.[Na+]. The van der Waals surface area contributed by atoms with Crippen molar-refractivity contribution < 1.29 is 61.6 Å². The number of carbonyl (C=O) groups excluding carboxylic acids is 3. The number of urea groups is 1. The molecule has 2 aromatic rings. The smallest absolute Gasteiger partial charge is 0.744 e. The monoisotopic (exact) mass is 499 g/mol. The van der Waals surface area contributed by atoms with Crippen molar-refractivity contribution in [1.82, 2.24) is 5.32 Å². The van der Waals surface area contributed by atoms with Crippen LogP contribution in [0.3, 0.4) is 0 Å². The second-order valence-corrected chi connectivity index (χ2v) is 7.41. The predicted octanol–water partition coefficient (Wildman–Crippen LogP) is -0.591. The molecular formula is C22H26N3NaO7S. The van der Waals surface area contributed by atoms with Crippen molar-refractivity contribution in [3.63, 3.8) is 0 Å². The zero-order valence-corrected chi connectivity index (χ0v) is 22.0. The summed E-state index contributed by atoms with van der Waals surface area (Å²) < 4.78 is 35.1. The molecule has 10 nitrogen and oxygen atoms in total. The van der Waals surface area contributed by atoms with Crippen molar-refractivity contribution >= 4 is 39.8 Å². The first kappa shape index (κ1) is 33.2. The third kappa shape index (κ3) is 17.6. The van der Waals surface area contributed by atoms with E-state index in [9.17, 15) is 27.4 Å². The van der Waals surface area contributed by atoms with Crippen molar-refractivity contribution in [3.05, 3.63) is 83.3 Å². The van der Waals surface area contributed by atoms with Gasteiger partial charge in [0, 0.05) is 22.2 Å². The number of esters is 1. The van der Waals surface area contributed by atoms with E-state index in [1.54, 1.807) is 50.2 Å². The molecule has 0 aliphatic heterocycles. The van der Waals surface area contributed by atoms with Gasteiger partial charge in [-0.15, -0.1) is 0 Å². The van der Waals surface area contributed by atoms with Gasteiger partial charge in [0.05, 0.1) is 6.61 Å². The molecule has 0 aromatic heterocycles. The Balaban J connectivity index is 0. The van der Waals surface area contributed by atoms with Crippen LogP contribution < -0.4 is 46.3 Å². The topological polar surface area (TPSA) is 182 Å². The Morgan fingerprint density at radius 3 is 2.12 bits per heavy atom. The average Bonchev–Trinajstić information content (AvgIpc) is 2.73. The van der Waals surface area contributed by atoms with Gasteiger partial charge in [0.15, 0.2) is 0 Å². The summed E-state index contributed by atoms with van der Waals surface area (Å²) in [5, 5.41) is 2.57. The number of rotatable bonds is 5. The molecule has 0 saturated heterocycles. The van der Waals surface area contributed by atoms with Crippen LogP contribution >= 0.6 is 0 Å². The Kier molecular flexibility index (Phi) is 17.1. The zero-order chi connectivity index (χ0) is 25.4. The molecule has 0 saturated carbocycles. The first-order chi connectivity index (χ1) is 15.4. The van der Waals surface area contributed by atoms with E-state index in [4.69, 9.17) is 11.5 Å². The molecule has 178 valence electrons. The molecule has 0 spiro atoms. The third-order valence-electron chi connectivity index (χ3n) is 3.24. The number of benzene rings is 2. The Hall–Kier alpha value is -2.96. The van der Waals surface area contributed by atoms with Crippen LogP contribution in [-0.2, 0) is 19.6 Å². The number of amides is 3. The maximum Gasteiger partial charge on any atom is 1.00 e. The molecule has 0 heterocycles. The minimum absolute atomic E-state index is 0. The summed E-state index contributed by atoms with van der Waals surface area (Å²) in [4.78, 5) is 31.9. The van der Waals surface area contributed by atoms with Gasteiger partial charge in [0.25, 0.3) is 5.91 Å². The molecule has 0 unspecified atom stereocenters. The number of ether oxygens (including phenoxy) is 1. The number of imide groups is 1. The molecule has 2 rings (SSSR count). The third-order valence-corrected chi connectivity index (χ3v) is 3.71. The first-order valence-corrected chi connectivity index (χ1v) is 10.8. The van der Waals surface area contributed by atoms with E-state index in [0.717, 1.165) is 0 Å². The second-order valence-electron chi connectivity index (χ2n) is 6.15. The second kappa shape index (κ2) is 17.5. The molecule has 12 heteroatoms. The molecular weight excluding hydrogens is 473 g/mol. The minimum atomic E-state index is -4.25. The normalized spacial score (nSPS) is 9.74. The predicted molar refractivity (Wildman–Crippen MR) is 125 cm³/mol. The maximum absolute atomic E-state index is 11.1. The van der Waals surface area contributed by atoms with Gasteiger partial charge in [-0.3, -0.25) is 10.1 Å². The van der Waals surface area contributed by atoms with Gasteiger partial charge in [0.1, 0.15) is 10.1 Å². The number of nitrogens with two attached hydrogens (primary N) is 2. The van der Waals surface area contributed by atoms with Crippen molar-refractivity contribution in [2.24, 2.45) is 5.73 Å². The van der Waals surface area contributed by atoms with Crippen molar-refractivity contribution in [1.29, 1.82) is 0 Å². The minimum Gasteiger partial charge on any atom is -0.744 e. The number of nitrogens with one attached hydrogen (secondary N) is 1. The van der Waals surface area contributed by atoms with Crippen LogP contribution in [0.5, 0.6) is 0 Å². The summed E-state index contributed by atoms with van der Waals surface area (Å²) in [6.07, 6.45) is 1.27. The zero-order valence-electron chi connectivity index (χ0n) is 19.2. The van der Waals surface area contributed by atoms with E-state index in [0.29, 0.717) is 34.4 Å². The number of carbonyl (C=O) groups is 3. The summed E-state index contributed by atoms with van der Waals surface area (Å²) in [7, 11) is -4.25. The fourth-order valence-corrected chi connectivity index (χ4v) is 2.17. The number of hydrogen-bond donors (Lipinski definition) is 3. The Morgan fingerprint density at radius 2 is 1.71 bits per heavy atom. The number of nitrogen functional groups attached to an aromatic ring is 1. The molecule has 0 atom stereocenters. The molecule has 0 fully saturated rings. The van der Waals surface area contributed by atoms with E-state index in [1.807, 2.05) is 11.4 Å². The number of primary amides is 1. The molecule has 5 N–H and O–H groups in total. The van der Waals surface area contributed by atoms with Gasteiger partial charge in [-0.1, -0.05) is 43.0 Å². The molecule has 2 aromatic carbocycles. The standard InChI is InChI=1S/C8H9N3O2.C8H8O3S.C6H10O2.Na/c9-6-3-1-2-5(4-6)7(12)11-8(10)13;9-12(10,11)7-6-8-4-2-1-3-5-8;1-4-8-6(7)5(2)3;/h1-4H,9H2,(H3,10,11,12,13);1-7H,(H,9,10,11);2,4H2,1,3H3;/q;;;+1/p-1. The summed E-state index contributed by atoms with van der Waals surface area (Å²) >= 11 is 0. The summed E-state index contributed by atoms with van der Waals surface area (Å²) in [5.41, 5.74) is 12.1. The number of anilines is 1. The van der Waals surface area contributed by atoms with Crippen LogP contribution in [0.2, 0.25) is 0 Å². The van der Waals surface area contributed by atoms with Gasteiger partial charge in [0.2, 0.25) is 0 Å². The Bertz CT molecular complexity index is 1090. The van der Waals surface area contributed by atoms with Gasteiger partial charge >= 0.3 is 41.6 Å². The Labute approximate surface area is 221 Å². The maximum atomic E-state index is 11.1. The van der Waals surface area contributed by atoms with Crippen LogP contribution in [0.1, 0.15) is 29.8 Å². The van der Waals surface area contributed by atoms with Crippen LogP contribution in [0.4, 0.5) is 10.5 Å². The molecule has 0 aliphatic rings. The molecule has 0 bridgehead atoms. The van der Waals surface area contributed by atoms with Crippen LogP contribution in [0, 0.1) is 0 Å². The molecule has 0 radical (unpaired) electrons. The molecule has 0 aliphatic carbocycles. The fraction of sp³-hybridized carbons (Fsp3) is 0.136. The summed E-state index contributed by atoms with van der Waals surface area (Å²) in [5.74, 6) is -0.868. The van der Waals surface area contributed by atoms with Gasteiger partial charge in [-0.25, -0.2) is 18.0 Å². The van der Waals surface area contributed by atoms with Crippen LogP contribution in [-0.4, -0.2) is 37.5 Å². The van der Waals surface area contributed by atoms with E-state index < -0.39 is 22.1 Å². The first-order valence-electron chi connectivity index (χ1n) is 9.33. The number of hydrogen-bond acceptors (Lipinski definition) is 8. The Morgan fingerprint density at radius 1 is 1.12 bits per heavy atom. The van der Waals surface area contributed by atoms with Gasteiger partial charge in [-0.2, -0.15) is 0 Å². The molecule has 34 heavy (non-hydrogen) atoms. The van der Waals surface area contributed by atoms with Gasteiger partial charge < -0.3 is 20.8 Å². The van der Waals surface area contributed by atoms with Gasteiger partial charge in [-0.05, 0) is 43.7 Å². The van der Waals surface area contributed by atoms with E-state index in [1.165, 1.54) is 18.2 Å². The molecule has 3 amide bonds. The van der Waals surface area contributed by atoms with Crippen molar-refractivity contribution in [2.75, 3.05) is 12.3 Å². The fourth-order valence-electron chi connectivity index (χ4n) is 1.84. The average molecular weight is 500 g/mol. The van der Waals surface area contributed by atoms with Crippen LogP contribution in [0.15, 0.2) is 72.2 Å². The van der Waals surface area contributed by atoms with Crippen LogP contribution in [0.25, 0.3) is 6.08 Å². The quantitative estimate of drug-likeness (QED) is 0.160. The van der Waals surface area contributed by atoms with E-state index in [2.05, 4.69) is 11.3 Å². The van der Waals surface area contributed by atoms with E-state index in [-0.39, 0.29) is 35.5 Å². The van der Waals surface area contributed by atoms with E-state index >= 15 is 0 Å². The van der Waals surface area contributed by atoms with Crippen molar-refractivity contribution in [2.45, 2.75) is 13.8 Å². The largest absolute Gasteiger partial charge is 1.00 e. The summed E-state index contributed by atoms with van der Waals surface area (Å²) in [6.45, 7) is 7.21. The van der Waals surface area contributed by atoms with Crippen molar-refractivity contribution in [3.8, 4) is 0 Å². The summed E-state index contributed by atoms with van der Waals surface area (Å²) in [6, 6.07) is 14.1.